The third kappa shape index (κ3) is 2.11. The maximum Gasteiger partial charge on any atom is 0.264 e. The quantitative estimate of drug-likeness (QED) is 0.902. The molecule has 2 rings (SSSR count). The van der Waals surface area contributed by atoms with Crippen molar-refractivity contribution in [2.75, 3.05) is 0 Å². The Labute approximate surface area is 102 Å². The molecule has 1 heterocycles. The number of aromatic nitrogens is 2. The number of benzene rings is 1. The molecule has 1 aromatic heterocycles. The van der Waals surface area contributed by atoms with E-state index in [0.717, 1.165) is 15.7 Å². The van der Waals surface area contributed by atoms with E-state index < -0.39 is 0 Å². The summed E-state index contributed by atoms with van der Waals surface area (Å²) < 4.78 is 2.89. The first-order valence-corrected chi connectivity index (χ1v) is 5.94. The first-order valence-electron chi connectivity index (χ1n) is 5.15. The molecule has 1 aromatic carbocycles. The van der Waals surface area contributed by atoms with E-state index in [4.69, 9.17) is 0 Å². The molecular weight excluding hydrogens is 268 g/mol. The molecule has 0 aliphatic carbocycles. The molecule has 1 N–H and O–H groups in total. The molecule has 0 radical (unpaired) electrons. The highest BCUT2D eigenvalue weighted by atomic mass is 79.9. The maximum absolute atomic E-state index is 11.4. The van der Waals surface area contributed by atoms with Gasteiger partial charge >= 0.3 is 0 Å². The number of aromatic amines is 1. The van der Waals surface area contributed by atoms with Crippen LogP contribution in [-0.2, 0) is 0 Å². The first kappa shape index (κ1) is 11.2. The minimum absolute atomic E-state index is 0.0660. The summed E-state index contributed by atoms with van der Waals surface area (Å²) in [4.78, 5) is 11.4. The van der Waals surface area contributed by atoms with Gasteiger partial charge in [-0.3, -0.25) is 14.6 Å². The molecule has 0 unspecified atom stereocenters. The van der Waals surface area contributed by atoms with Crippen LogP contribution in [-0.4, -0.2) is 9.78 Å². The summed E-state index contributed by atoms with van der Waals surface area (Å²) in [6.07, 6.45) is 0. The van der Waals surface area contributed by atoms with Crippen molar-refractivity contribution < 1.29 is 0 Å². The molecule has 2 aromatic rings. The fourth-order valence-corrected chi connectivity index (χ4v) is 2.08. The van der Waals surface area contributed by atoms with Gasteiger partial charge in [-0.05, 0) is 26.0 Å². The smallest absolute Gasteiger partial charge is 0.264 e. The summed E-state index contributed by atoms with van der Waals surface area (Å²) in [5.74, 6) is 0. The molecule has 0 aliphatic rings. The average molecular weight is 281 g/mol. The number of hydrogen-bond acceptors (Lipinski definition) is 1. The second-order valence-electron chi connectivity index (χ2n) is 3.98. The van der Waals surface area contributed by atoms with Gasteiger partial charge in [0.1, 0.15) is 0 Å². The summed E-state index contributed by atoms with van der Waals surface area (Å²) in [6, 6.07) is 9.78. The Morgan fingerprint density at radius 3 is 2.69 bits per heavy atom. The first-order chi connectivity index (χ1) is 7.58. The van der Waals surface area contributed by atoms with Gasteiger partial charge in [-0.1, -0.05) is 28.1 Å². The van der Waals surface area contributed by atoms with Crippen molar-refractivity contribution in [1.82, 2.24) is 9.78 Å². The molecule has 0 aliphatic heterocycles. The van der Waals surface area contributed by atoms with Gasteiger partial charge in [-0.25, -0.2) is 0 Å². The van der Waals surface area contributed by atoms with E-state index in [9.17, 15) is 4.79 Å². The predicted octanol–water partition coefficient (Wildman–Crippen LogP) is 3.19. The maximum atomic E-state index is 11.4. The molecular formula is C12H13BrN2O. The van der Waals surface area contributed by atoms with Crippen molar-refractivity contribution in [3.05, 3.63) is 45.2 Å². The Morgan fingerprint density at radius 2 is 2.06 bits per heavy atom. The summed E-state index contributed by atoms with van der Waals surface area (Å²) in [5, 5.41) is 2.81. The molecule has 0 fully saturated rings. The van der Waals surface area contributed by atoms with Crippen molar-refractivity contribution in [2.24, 2.45) is 0 Å². The second kappa shape index (κ2) is 4.29. The van der Waals surface area contributed by atoms with Crippen LogP contribution in [0.25, 0.3) is 11.3 Å². The van der Waals surface area contributed by atoms with Gasteiger partial charge in [-0.15, -0.1) is 0 Å². The van der Waals surface area contributed by atoms with Crippen LogP contribution in [0.15, 0.2) is 39.6 Å². The summed E-state index contributed by atoms with van der Waals surface area (Å²) in [7, 11) is 0. The van der Waals surface area contributed by atoms with Crippen LogP contribution in [0.3, 0.4) is 0 Å². The fraction of sp³-hybridized carbons (Fsp3) is 0.250. The van der Waals surface area contributed by atoms with Crippen LogP contribution in [0.5, 0.6) is 0 Å². The van der Waals surface area contributed by atoms with Gasteiger partial charge in [0.05, 0.1) is 5.69 Å². The highest BCUT2D eigenvalue weighted by Crippen LogP contribution is 2.23. The Hall–Kier alpha value is -1.29. The third-order valence-corrected chi connectivity index (χ3v) is 2.89. The van der Waals surface area contributed by atoms with Crippen LogP contribution >= 0.6 is 15.9 Å². The lowest BCUT2D eigenvalue weighted by Gasteiger charge is -2.11. The number of rotatable bonds is 2. The van der Waals surface area contributed by atoms with Gasteiger partial charge in [0.2, 0.25) is 0 Å². The zero-order valence-corrected chi connectivity index (χ0v) is 10.8. The number of hydrogen-bond donors (Lipinski definition) is 1. The van der Waals surface area contributed by atoms with E-state index in [1.807, 2.05) is 42.8 Å². The van der Waals surface area contributed by atoms with Gasteiger partial charge in [-0.2, -0.15) is 0 Å². The highest BCUT2D eigenvalue weighted by Gasteiger charge is 2.09. The topological polar surface area (TPSA) is 37.8 Å². The third-order valence-electron chi connectivity index (χ3n) is 2.39. The summed E-state index contributed by atoms with van der Waals surface area (Å²) in [6.45, 7) is 4.08. The van der Waals surface area contributed by atoms with E-state index in [1.165, 1.54) is 0 Å². The predicted molar refractivity (Wildman–Crippen MR) is 68.6 cm³/mol. The lowest BCUT2D eigenvalue weighted by molar-refractivity contribution is 0.534. The van der Waals surface area contributed by atoms with Gasteiger partial charge in [0.25, 0.3) is 5.56 Å². The molecule has 0 spiro atoms. The molecule has 4 heteroatoms. The van der Waals surface area contributed by atoms with Crippen LogP contribution in [0.2, 0.25) is 0 Å². The van der Waals surface area contributed by atoms with Crippen LogP contribution in [0.4, 0.5) is 0 Å². The van der Waals surface area contributed by atoms with E-state index in [2.05, 4.69) is 21.0 Å². The molecule has 16 heavy (non-hydrogen) atoms. The normalized spacial score (nSPS) is 11.0. The van der Waals surface area contributed by atoms with Crippen LogP contribution in [0.1, 0.15) is 19.9 Å². The lowest BCUT2D eigenvalue weighted by Crippen LogP contribution is -2.08. The minimum Gasteiger partial charge on any atom is -0.282 e. The minimum atomic E-state index is -0.0660. The molecule has 0 saturated heterocycles. The van der Waals surface area contributed by atoms with Crippen molar-refractivity contribution in [1.29, 1.82) is 0 Å². The van der Waals surface area contributed by atoms with E-state index in [0.29, 0.717) is 0 Å². The van der Waals surface area contributed by atoms with Crippen LogP contribution < -0.4 is 5.56 Å². The Morgan fingerprint density at radius 1 is 1.31 bits per heavy atom. The number of nitrogens with zero attached hydrogens (tertiary/aromatic N) is 1. The molecule has 0 amide bonds. The monoisotopic (exact) mass is 280 g/mol. The molecule has 0 saturated carbocycles. The van der Waals surface area contributed by atoms with Gasteiger partial charge in [0.15, 0.2) is 0 Å². The Bertz CT molecular complexity index is 554. The van der Waals surface area contributed by atoms with Crippen molar-refractivity contribution in [2.45, 2.75) is 19.9 Å². The van der Waals surface area contributed by atoms with E-state index >= 15 is 0 Å². The van der Waals surface area contributed by atoms with Crippen molar-refractivity contribution >= 4 is 15.9 Å². The van der Waals surface area contributed by atoms with Crippen molar-refractivity contribution in [3.8, 4) is 11.3 Å². The average Bonchev–Trinajstić information content (AvgIpc) is 2.60. The van der Waals surface area contributed by atoms with Crippen molar-refractivity contribution in [3.63, 3.8) is 0 Å². The lowest BCUT2D eigenvalue weighted by atomic mass is 10.1. The number of halogens is 1. The highest BCUT2D eigenvalue weighted by molar-refractivity contribution is 9.10. The largest absolute Gasteiger partial charge is 0.282 e. The van der Waals surface area contributed by atoms with Gasteiger partial charge in [0, 0.05) is 22.1 Å². The van der Waals surface area contributed by atoms with E-state index in [-0.39, 0.29) is 11.6 Å². The zero-order valence-electron chi connectivity index (χ0n) is 9.20. The summed E-state index contributed by atoms with van der Waals surface area (Å²) in [5.41, 5.74) is 1.88. The second-order valence-corrected chi connectivity index (χ2v) is 4.90. The Kier molecular flexibility index (Phi) is 3.01. The van der Waals surface area contributed by atoms with Crippen LogP contribution in [0, 0.1) is 0 Å². The molecule has 84 valence electrons. The molecule has 0 bridgehead atoms. The zero-order chi connectivity index (χ0) is 11.7. The fourth-order valence-electron chi connectivity index (χ4n) is 1.68. The summed E-state index contributed by atoms with van der Waals surface area (Å²) >= 11 is 3.43. The Balaban J connectivity index is 2.59. The standard InChI is InChI=1S/C12H13BrN2O/c1-8(2)15-11(7-12(16)14-15)9-4-3-5-10(13)6-9/h3-8H,1-2H3,(H,14,16). The SMILES string of the molecule is CC(C)n1[nH]c(=O)cc1-c1cccc(Br)c1. The molecule has 3 nitrogen and oxygen atoms in total. The number of H-pyrrole nitrogens is 1. The number of nitrogens with one attached hydrogen (secondary N) is 1. The van der Waals surface area contributed by atoms with Gasteiger partial charge < -0.3 is 0 Å². The van der Waals surface area contributed by atoms with E-state index in [1.54, 1.807) is 6.07 Å². The molecule has 0 atom stereocenters.